The maximum atomic E-state index is 12.9. The highest BCUT2D eigenvalue weighted by Crippen LogP contribution is 2.23. The molecule has 134 valence electrons. The summed E-state index contributed by atoms with van der Waals surface area (Å²) < 4.78 is 12.7. The van der Waals surface area contributed by atoms with E-state index in [0.717, 1.165) is 10.0 Å². The monoisotopic (exact) mass is 415 g/mol. The van der Waals surface area contributed by atoms with Gasteiger partial charge in [0.25, 0.3) is 5.56 Å². The zero-order valence-corrected chi connectivity index (χ0v) is 16.3. The lowest BCUT2D eigenvalue weighted by Crippen LogP contribution is -2.22. The fraction of sp³-hybridized carbons (Fsp3) is 0.211. The Morgan fingerprint density at radius 2 is 2.00 bits per heavy atom. The van der Waals surface area contributed by atoms with Crippen molar-refractivity contribution in [3.63, 3.8) is 0 Å². The number of fused-ring (bicyclic) bond motifs is 1. The number of aromatic nitrogens is 2. The van der Waals surface area contributed by atoms with E-state index in [2.05, 4.69) is 26.0 Å². The van der Waals surface area contributed by atoms with Crippen LogP contribution in [0.15, 0.2) is 50.8 Å². The van der Waals surface area contributed by atoms with Crippen molar-refractivity contribution in [3.8, 4) is 11.5 Å². The second kappa shape index (κ2) is 7.70. The van der Waals surface area contributed by atoms with Crippen molar-refractivity contribution >= 4 is 33.0 Å². The van der Waals surface area contributed by atoms with Crippen molar-refractivity contribution in [1.29, 1.82) is 0 Å². The lowest BCUT2D eigenvalue weighted by molar-refractivity contribution is 0.394. The summed E-state index contributed by atoms with van der Waals surface area (Å²) in [5, 5.41) is 4.88. The van der Waals surface area contributed by atoms with E-state index < -0.39 is 0 Å². The normalized spacial score (nSPS) is 11.2. The molecule has 0 aliphatic rings. The summed E-state index contributed by atoms with van der Waals surface area (Å²) in [6.07, 6.45) is 2.17. The van der Waals surface area contributed by atoms with E-state index in [1.165, 1.54) is 4.68 Å². The first-order chi connectivity index (χ1) is 12.6. The number of rotatable bonds is 5. The van der Waals surface area contributed by atoms with E-state index in [0.29, 0.717) is 34.6 Å². The third kappa shape index (κ3) is 3.48. The minimum atomic E-state index is -0.211. The molecule has 6 nitrogen and oxygen atoms in total. The van der Waals surface area contributed by atoms with E-state index in [1.54, 1.807) is 32.6 Å². The molecule has 0 radical (unpaired) electrons. The molecule has 0 saturated heterocycles. The van der Waals surface area contributed by atoms with E-state index in [1.807, 2.05) is 31.2 Å². The average molecular weight is 416 g/mol. The van der Waals surface area contributed by atoms with Crippen LogP contribution >= 0.6 is 15.9 Å². The van der Waals surface area contributed by atoms with Crippen LogP contribution in [0.25, 0.3) is 10.9 Å². The van der Waals surface area contributed by atoms with Gasteiger partial charge in [-0.15, -0.1) is 0 Å². The Morgan fingerprint density at radius 1 is 1.19 bits per heavy atom. The summed E-state index contributed by atoms with van der Waals surface area (Å²) in [6, 6.07) is 10.8. The molecular formula is C19H18BrN3O3. The first-order valence-electron chi connectivity index (χ1n) is 8.05. The second-order valence-corrected chi connectivity index (χ2v) is 6.43. The number of nitrogens with zero attached hydrogens (tertiary/aromatic N) is 3. The molecule has 0 fully saturated rings. The Hall–Kier alpha value is -2.67. The summed E-state index contributed by atoms with van der Waals surface area (Å²) in [5.74, 6) is 1.88. The molecule has 26 heavy (non-hydrogen) atoms. The topological polar surface area (TPSA) is 65.7 Å². The van der Waals surface area contributed by atoms with Crippen LogP contribution in [0.2, 0.25) is 0 Å². The van der Waals surface area contributed by atoms with Crippen molar-refractivity contribution in [2.24, 2.45) is 5.10 Å². The predicted molar refractivity (Wildman–Crippen MR) is 106 cm³/mol. The van der Waals surface area contributed by atoms with Crippen molar-refractivity contribution in [2.75, 3.05) is 14.2 Å². The van der Waals surface area contributed by atoms with Gasteiger partial charge in [-0.25, -0.2) is 4.98 Å². The van der Waals surface area contributed by atoms with Gasteiger partial charge in [-0.2, -0.15) is 9.78 Å². The molecular weight excluding hydrogens is 398 g/mol. The van der Waals surface area contributed by atoms with Gasteiger partial charge in [-0.1, -0.05) is 22.9 Å². The minimum Gasteiger partial charge on any atom is -0.497 e. The van der Waals surface area contributed by atoms with Gasteiger partial charge < -0.3 is 9.47 Å². The zero-order valence-electron chi connectivity index (χ0n) is 14.7. The third-order valence-electron chi connectivity index (χ3n) is 3.94. The van der Waals surface area contributed by atoms with Gasteiger partial charge in [0.2, 0.25) is 0 Å². The van der Waals surface area contributed by atoms with Crippen LogP contribution in [-0.2, 0) is 6.42 Å². The fourth-order valence-electron chi connectivity index (χ4n) is 2.59. The van der Waals surface area contributed by atoms with Crippen LogP contribution in [0.1, 0.15) is 18.3 Å². The Labute approximate surface area is 159 Å². The second-order valence-electron chi connectivity index (χ2n) is 5.51. The molecule has 0 amide bonds. The van der Waals surface area contributed by atoms with Crippen LogP contribution in [0.3, 0.4) is 0 Å². The molecule has 0 unspecified atom stereocenters. The highest BCUT2D eigenvalue weighted by molar-refractivity contribution is 9.10. The number of aryl methyl sites for hydroxylation is 1. The number of ether oxygens (including phenoxy) is 2. The Morgan fingerprint density at radius 3 is 2.69 bits per heavy atom. The fourth-order valence-corrected chi connectivity index (χ4v) is 2.95. The lowest BCUT2D eigenvalue weighted by Gasteiger charge is -2.09. The van der Waals surface area contributed by atoms with Gasteiger partial charge in [-0.05, 0) is 30.3 Å². The molecule has 0 bridgehead atoms. The van der Waals surface area contributed by atoms with E-state index in [4.69, 9.17) is 9.47 Å². The molecule has 0 atom stereocenters. The smallest absolute Gasteiger partial charge is 0.282 e. The van der Waals surface area contributed by atoms with Gasteiger partial charge in [-0.3, -0.25) is 4.79 Å². The molecule has 1 aromatic heterocycles. The van der Waals surface area contributed by atoms with Gasteiger partial charge in [0.05, 0.1) is 31.3 Å². The molecule has 7 heteroatoms. The first-order valence-corrected chi connectivity index (χ1v) is 8.84. The number of halogens is 1. The molecule has 0 spiro atoms. The largest absolute Gasteiger partial charge is 0.497 e. The molecule has 0 aliphatic carbocycles. The third-order valence-corrected chi connectivity index (χ3v) is 4.44. The highest BCUT2D eigenvalue weighted by Gasteiger charge is 2.10. The molecule has 2 aromatic carbocycles. The highest BCUT2D eigenvalue weighted by atomic mass is 79.9. The molecule has 3 aromatic rings. The van der Waals surface area contributed by atoms with Crippen LogP contribution in [0.5, 0.6) is 11.5 Å². The van der Waals surface area contributed by atoms with E-state index in [-0.39, 0.29) is 5.56 Å². The van der Waals surface area contributed by atoms with Crippen molar-refractivity contribution in [2.45, 2.75) is 13.3 Å². The summed E-state index contributed by atoms with van der Waals surface area (Å²) in [6.45, 7) is 1.94. The number of benzene rings is 2. The van der Waals surface area contributed by atoms with E-state index in [9.17, 15) is 4.79 Å². The summed E-state index contributed by atoms with van der Waals surface area (Å²) in [7, 11) is 3.17. The zero-order chi connectivity index (χ0) is 18.7. The number of methoxy groups -OCH3 is 2. The van der Waals surface area contributed by atoms with Crippen LogP contribution in [0.4, 0.5) is 0 Å². The summed E-state index contributed by atoms with van der Waals surface area (Å²) in [4.78, 5) is 17.4. The molecule has 3 rings (SSSR count). The molecule has 1 heterocycles. The molecule has 0 saturated carbocycles. The number of hydrogen-bond donors (Lipinski definition) is 0. The summed E-state index contributed by atoms with van der Waals surface area (Å²) >= 11 is 3.39. The quantitative estimate of drug-likeness (QED) is 0.596. The average Bonchev–Trinajstić information content (AvgIpc) is 2.67. The van der Waals surface area contributed by atoms with Gasteiger partial charge >= 0.3 is 0 Å². The standard InChI is InChI=1S/C19H18BrN3O3/c1-4-18-22-16-8-6-13(20)9-15(16)19(24)23(18)21-11-12-5-7-14(25-2)10-17(12)26-3/h5-11H,4H2,1-3H3. The summed E-state index contributed by atoms with van der Waals surface area (Å²) in [5.41, 5.74) is 1.18. The van der Waals surface area contributed by atoms with Crippen LogP contribution in [-0.4, -0.2) is 30.1 Å². The minimum absolute atomic E-state index is 0.211. The Balaban J connectivity index is 2.12. The maximum Gasteiger partial charge on any atom is 0.282 e. The first kappa shape index (κ1) is 18.1. The van der Waals surface area contributed by atoms with Gasteiger partial charge in [0.1, 0.15) is 17.3 Å². The van der Waals surface area contributed by atoms with Crippen molar-refractivity contribution < 1.29 is 9.47 Å². The Bertz CT molecular complexity index is 1040. The SMILES string of the molecule is CCc1nc2ccc(Br)cc2c(=O)n1N=Cc1ccc(OC)cc1OC. The van der Waals surface area contributed by atoms with Crippen molar-refractivity contribution in [3.05, 3.63) is 62.6 Å². The Kier molecular flexibility index (Phi) is 5.37. The van der Waals surface area contributed by atoms with E-state index >= 15 is 0 Å². The maximum absolute atomic E-state index is 12.9. The molecule has 0 aliphatic heterocycles. The predicted octanol–water partition coefficient (Wildman–Crippen LogP) is 3.62. The lowest BCUT2D eigenvalue weighted by atomic mass is 10.2. The van der Waals surface area contributed by atoms with Crippen molar-refractivity contribution in [1.82, 2.24) is 9.66 Å². The van der Waals surface area contributed by atoms with Gasteiger partial charge in [0, 0.05) is 22.5 Å². The number of hydrogen-bond acceptors (Lipinski definition) is 5. The van der Waals surface area contributed by atoms with Gasteiger partial charge in [0.15, 0.2) is 0 Å². The van der Waals surface area contributed by atoms with Crippen LogP contribution in [0, 0.1) is 0 Å². The molecule has 0 N–H and O–H groups in total. The van der Waals surface area contributed by atoms with Crippen LogP contribution < -0.4 is 15.0 Å².